The number of carbonyl (C=O) groups excluding carboxylic acids is 3. The number of carbonyl (C=O) groups is 3. The molecule has 2 rings (SSSR count). The lowest BCUT2D eigenvalue weighted by molar-refractivity contribution is -0.135. The summed E-state index contributed by atoms with van der Waals surface area (Å²) in [6, 6.07) is 8.71. The van der Waals surface area contributed by atoms with Crippen LogP contribution in [-0.4, -0.2) is 50.8 Å². The van der Waals surface area contributed by atoms with Crippen molar-refractivity contribution >= 4 is 30.0 Å². The molecule has 0 aliphatic heterocycles. The molecule has 0 spiro atoms. The first-order chi connectivity index (χ1) is 13.7. The van der Waals surface area contributed by atoms with E-state index in [-0.39, 0.29) is 12.5 Å². The Bertz CT molecular complexity index is 714. The zero-order chi connectivity index (χ0) is 21.6. The highest BCUT2D eigenvalue weighted by atomic mass is 32.2. The Labute approximate surface area is 177 Å². The smallest absolute Gasteiger partial charge is 0.420 e. The van der Waals surface area contributed by atoms with Gasteiger partial charge in [0.2, 0.25) is 0 Å². The lowest BCUT2D eigenvalue weighted by Gasteiger charge is -2.43. The van der Waals surface area contributed by atoms with Gasteiger partial charge in [-0.2, -0.15) is 4.41 Å². The third-order valence-corrected chi connectivity index (χ3v) is 4.72. The summed E-state index contributed by atoms with van der Waals surface area (Å²) in [6.07, 6.45) is 6.19. The third-order valence-electron chi connectivity index (χ3n) is 3.84. The van der Waals surface area contributed by atoms with E-state index in [2.05, 4.69) is 0 Å². The number of nitrogens with zero attached hydrogens (tertiary/aromatic N) is 3. The van der Waals surface area contributed by atoms with Crippen molar-refractivity contribution in [2.75, 3.05) is 13.7 Å². The van der Waals surface area contributed by atoms with Crippen LogP contribution in [0.2, 0.25) is 0 Å². The van der Waals surface area contributed by atoms with E-state index >= 15 is 0 Å². The highest BCUT2D eigenvalue weighted by Gasteiger charge is 2.41. The molecule has 1 aromatic rings. The van der Waals surface area contributed by atoms with E-state index < -0.39 is 17.5 Å². The van der Waals surface area contributed by atoms with Crippen LogP contribution in [0.4, 0.5) is 4.79 Å². The minimum absolute atomic E-state index is 0.201. The van der Waals surface area contributed by atoms with Crippen molar-refractivity contribution in [3.8, 4) is 0 Å². The molecule has 3 amide bonds. The van der Waals surface area contributed by atoms with Crippen LogP contribution in [0, 0.1) is 31.6 Å². The number of rotatable bonds is 5. The molecule has 8 heteroatoms. The molecular formula is C21H26N3O4S. The Morgan fingerprint density at radius 2 is 1.59 bits per heavy atom. The van der Waals surface area contributed by atoms with Crippen LogP contribution < -0.4 is 0 Å². The summed E-state index contributed by atoms with van der Waals surface area (Å²) in [4.78, 5) is 38.8. The van der Waals surface area contributed by atoms with Gasteiger partial charge in [-0.15, -0.1) is 0 Å². The topological polar surface area (TPSA) is 70.2 Å². The van der Waals surface area contributed by atoms with E-state index in [9.17, 15) is 14.4 Å². The minimum atomic E-state index is -0.752. The summed E-state index contributed by atoms with van der Waals surface area (Å²) in [6.45, 7) is 7.37. The second-order valence-electron chi connectivity index (χ2n) is 7.18. The van der Waals surface area contributed by atoms with Gasteiger partial charge in [0.1, 0.15) is 12.1 Å². The Morgan fingerprint density at radius 1 is 1.00 bits per heavy atom. The van der Waals surface area contributed by atoms with Crippen molar-refractivity contribution in [1.29, 1.82) is 0 Å². The maximum absolute atomic E-state index is 13.4. The Balaban J connectivity index is 2.41. The van der Waals surface area contributed by atoms with Crippen LogP contribution in [0.25, 0.3) is 0 Å². The van der Waals surface area contributed by atoms with E-state index in [0.29, 0.717) is 11.5 Å². The van der Waals surface area contributed by atoms with Gasteiger partial charge >= 0.3 is 6.09 Å². The fourth-order valence-corrected chi connectivity index (χ4v) is 3.44. The first-order valence-electron chi connectivity index (χ1n) is 9.21. The Morgan fingerprint density at radius 3 is 2.10 bits per heavy atom. The predicted octanol–water partition coefficient (Wildman–Crippen LogP) is 3.73. The second kappa shape index (κ2) is 10.0. The molecule has 7 nitrogen and oxygen atoms in total. The van der Waals surface area contributed by atoms with Gasteiger partial charge in [0.05, 0.1) is 18.1 Å². The summed E-state index contributed by atoms with van der Waals surface area (Å²) in [5.41, 5.74) is -0.320. The molecule has 1 aromatic carbocycles. The molecule has 0 N–H and O–H groups in total. The predicted molar refractivity (Wildman–Crippen MR) is 112 cm³/mol. The Kier molecular flexibility index (Phi) is 7.96. The maximum Gasteiger partial charge on any atom is 0.420 e. The molecule has 155 valence electrons. The van der Waals surface area contributed by atoms with Crippen LogP contribution in [0.15, 0.2) is 30.3 Å². The van der Waals surface area contributed by atoms with Gasteiger partial charge in [-0.1, -0.05) is 18.2 Å². The van der Waals surface area contributed by atoms with Crippen LogP contribution >= 0.6 is 12.1 Å². The number of hydrazine groups is 1. The molecule has 1 fully saturated rings. The standard InChI is InChI=1S/C21H26N3O4S/c1-6-28-20(27)22(5)29-24(19(26)17-14-10-11-15-17)23(21(2,3)4)18(25)16-12-8-7-9-13-16/h7-15H,6H2,1-5H3. The Hall–Kier alpha value is -2.22. The number of hydrogen-bond acceptors (Lipinski definition) is 5. The van der Waals surface area contributed by atoms with Crippen molar-refractivity contribution in [2.24, 2.45) is 0 Å². The van der Waals surface area contributed by atoms with Gasteiger partial charge in [-0.3, -0.25) is 9.59 Å². The molecule has 0 aromatic heterocycles. The fourth-order valence-electron chi connectivity index (χ4n) is 2.52. The highest BCUT2D eigenvalue weighted by Crippen LogP contribution is 2.33. The largest absolute Gasteiger partial charge is 0.449 e. The highest BCUT2D eigenvalue weighted by molar-refractivity contribution is 7.95. The molecule has 0 bridgehead atoms. The van der Waals surface area contributed by atoms with Crippen LogP contribution in [0.3, 0.4) is 0 Å². The molecule has 0 heterocycles. The van der Waals surface area contributed by atoms with Gasteiger partial charge in [0, 0.05) is 12.6 Å². The number of hydrogen-bond donors (Lipinski definition) is 0. The quantitative estimate of drug-likeness (QED) is 0.540. The summed E-state index contributed by atoms with van der Waals surface area (Å²) >= 11 is 0.805. The normalized spacial score (nSPS) is 14.4. The summed E-state index contributed by atoms with van der Waals surface area (Å²) in [5.74, 6) is -0.372. The second-order valence-corrected chi connectivity index (χ2v) is 8.24. The zero-order valence-corrected chi connectivity index (χ0v) is 18.1. The lowest BCUT2D eigenvalue weighted by Crippen LogP contribution is -2.57. The summed E-state index contributed by atoms with van der Waals surface area (Å²) in [7, 11) is 1.49. The van der Waals surface area contributed by atoms with Gasteiger partial charge in [-0.25, -0.2) is 14.1 Å². The lowest BCUT2D eigenvalue weighted by atomic mass is 10.1. The van der Waals surface area contributed by atoms with E-state index in [4.69, 9.17) is 4.74 Å². The number of ether oxygens (including phenoxy) is 1. The van der Waals surface area contributed by atoms with Crippen LogP contribution in [-0.2, 0) is 9.53 Å². The third kappa shape index (κ3) is 5.88. The number of amides is 3. The molecule has 29 heavy (non-hydrogen) atoms. The molecule has 0 unspecified atom stereocenters. The molecule has 1 aliphatic carbocycles. The van der Waals surface area contributed by atoms with E-state index in [0.717, 1.165) is 12.1 Å². The van der Waals surface area contributed by atoms with Crippen LogP contribution in [0.5, 0.6) is 0 Å². The van der Waals surface area contributed by atoms with Gasteiger partial charge in [-0.05, 0) is 65.5 Å². The van der Waals surface area contributed by atoms with Crippen molar-refractivity contribution < 1.29 is 19.1 Å². The van der Waals surface area contributed by atoms with Crippen molar-refractivity contribution in [3.05, 3.63) is 67.5 Å². The van der Waals surface area contributed by atoms with E-state index in [1.807, 2.05) is 26.8 Å². The minimum Gasteiger partial charge on any atom is -0.449 e. The molecule has 1 aliphatic rings. The monoisotopic (exact) mass is 416 g/mol. The molecule has 0 atom stereocenters. The summed E-state index contributed by atoms with van der Waals surface area (Å²) in [5, 5.41) is 1.36. The SMILES string of the molecule is CCOC(=O)N(C)SN(C(=O)[C]1[CH][CH][CH][CH]1)N(C(=O)c1ccccc1)C(C)(C)C. The van der Waals surface area contributed by atoms with E-state index in [1.165, 1.54) is 20.8 Å². The maximum atomic E-state index is 13.4. The van der Waals surface area contributed by atoms with E-state index in [1.54, 1.807) is 56.9 Å². The molecule has 1 saturated carbocycles. The van der Waals surface area contributed by atoms with Crippen molar-refractivity contribution in [1.82, 2.24) is 13.7 Å². The zero-order valence-electron chi connectivity index (χ0n) is 17.3. The van der Waals surface area contributed by atoms with Gasteiger partial charge < -0.3 is 4.74 Å². The van der Waals surface area contributed by atoms with Crippen molar-refractivity contribution in [3.63, 3.8) is 0 Å². The molecule has 0 saturated heterocycles. The fraction of sp³-hybridized carbons (Fsp3) is 0.333. The molecular weight excluding hydrogens is 390 g/mol. The average molecular weight is 417 g/mol. The molecule has 5 radical (unpaired) electrons. The number of benzene rings is 1. The average Bonchev–Trinajstić information content (AvgIpc) is 3.21. The van der Waals surface area contributed by atoms with Gasteiger partial charge in [0.15, 0.2) is 0 Å². The van der Waals surface area contributed by atoms with Crippen molar-refractivity contribution in [2.45, 2.75) is 33.2 Å². The summed E-state index contributed by atoms with van der Waals surface area (Å²) < 4.78 is 7.40. The van der Waals surface area contributed by atoms with Crippen LogP contribution in [0.1, 0.15) is 38.1 Å². The first kappa shape index (κ1) is 23.1. The first-order valence-corrected chi connectivity index (χ1v) is 9.94. The van der Waals surface area contributed by atoms with Gasteiger partial charge in [0.25, 0.3) is 11.8 Å².